The van der Waals surface area contributed by atoms with Crippen LogP contribution in [0.5, 0.6) is 0 Å². The lowest BCUT2D eigenvalue weighted by atomic mass is 9.83. The Morgan fingerprint density at radius 3 is 2.43 bits per heavy atom. The normalized spacial score (nSPS) is 26.7. The first kappa shape index (κ1) is 13.2. The molecule has 2 unspecified atom stereocenters. The number of hydrogen-bond acceptors (Lipinski definition) is 1. The van der Waals surface area contributed by atoms with Crippen molar-refractivity contribution < 1.29 is 4.79 Å². The summed E-state index contributed by atoms with van der Waals surface area (Å²) in [6.07, 6.45) is 6.61. The van der Waals surface area contributed by atoms with Crippen LogP contribution in [0.25, 0.3) is 0 Å². The molecule has 0 amide bonds. The number of carbonyl (C=O) groups is 1. The molecular weight excluding hydrogens is 172 g/mol. The van der Waals surface area contributed by atoms with Gasteiger partial charge in [0.2, 0.25) is 0 Å². The van der Waals surface area contributed by atoms with E-state index in [-0.39, 0.29) is 5.92 Å². The van der Waals surface area contributed by atoms with E-state index in [1.807, 2.05) is 13.0 Å². The minimum atomic E-state index is 0.264. The minimum Gasteiger partial charge on any atom is -0.295 e. The Morgan fingerprint density at radius 1 is 1.64 bits per heavy atom. The Kier molecular flexibility index (Phi) is 6.18. The molecule has 3 atom stereocenters. The first-order valence-corrected chi connectivity index (χ1v) is 5.37. The average molecular weight is 194 g/mol. The molecule has 0 aliphatic heterocycles. The molecule has 0 heterocycles. The smallest absolute Gasteiger partial charge is 0.159 e. The van der Waals surface area contributed by atoms with Crippen molar-refractivity contribution in [2.45, 2.75) is 34.1 Å². The Morgan fingerprint density at radius 2 is 2.14 bits per heavy atom. The summed E-state index contributed by atoms with van der Waals surface area (Å²) in [5.41, 5.74) is 0. The van der Waals surface area contributed by atoms with Crippen LogP contribution in [0, 0.1) is 17.8 Å². The van der Waals surface area contributed by atoms with Crippen LogP contribution in [0.4, 0.5) is 0 Å². The second kappa shape index (κ2) is 6.58. The van der Waals surface area contributed by atoms with Gasteiger partial charge in [-0.2, -0.15) is 0 Å². The quantitative estimate of drug-likeness (QED) is 0.614. The van der Waals surface area contributed by atoms with E-state index >= 15 is 0 Å². The Hall–Kier alpha value is -0.850. The maximum absolute atomic E-state index is 11.3. The largest absolute Gasteiger partial charge is 0.295 e. The summed E-state index contributed by atoms with van der Waals surface area (Å²) >= 11 is 0. The number of allylic oxidation sites excluding steroid dienone is 3. The molecule has 1 aliphatic carbocycles. The van der Waals surface area contributed by atoms with E-state index in [2.05, 4.69) is 27.4 Å². The fourth-order valence-corrected chi connectivity index (χ4v) is 1.79. The number of ketones is 1. The number of hydrogen-bond donors (Lipinski definition) is 0. The van der Waals surface area contributed by atoms with Crippen molar-refractivity contribution >= 4 is 5.78 Å². The molecule has 0 aromatic carbocycles. The molecule has 0 spiro atoms. The molecule has 0 aromatic heterocycles. The van der Waals surface area contributed by atoms with Gasteiger partial charge in [-0.05, 0) is 24.8 Å². The summed E-state index contributed by atoms with van der Waals surface area (Å²) in [5.74, 6) is 1.58. The van der Waals surface area contributed by atoms with Crippen molar-refractivity contribution in [3.05, 3.63) is 24.8 Å². The van der Waals surface area contributed by atoms with Crippen molar-refractivity contribution in [1.29, 1.82) is 0 Å². The number of carbonyl (C=O) groups excluding carboxylic acids is 1. The van der Waals surface area contributed by atoms with Gasteiger partial charge in [0, 0.05) is 5.92 Å². The van der Waals surface area contributed by atoms with Gasteiger partial charge in [0.25, 0.3) is 0 Å². The maximum Gasteiger partial charge on any atom is 0.159 e. The Labute approximate surface area is 87.9 Å². The summed E-state index contributed by atoms with van der Waals surface area (Å²) in [6.45, 7) is 11.7. The first-order chi connectivity index (χ1) is 6.58. The van der Waals surface area contributed by atoms with Gasteiger partial charge in [0.1, 0.15) is 0 Å². The highest BCUT2D eigenvalue weighted by molar-refractivity contribution is 5.94. The third kappa shape index (κ3) is 3.49. The lowest BCUT2D eigenvalue weighted by molar-refractivity contribution is -0.119. The molecule has 1 aliphatic rings. The molecule has 1 rings (SSSR count). The molecule has 0 bridgehead atoms. The third-order valence-electron chi connectivity index (χ3n) is 2.72. The SMILES string of the molecule is C=CC.CCC(C)C1C(=O)C=C[C@@H]1C. The topological polar surface area (TPSA) is 17.1 Å². The molecule has 0 radical (unpaired) electrons. The third-order valence-corrected chi connectivity index (χ3v) is 2.72. The summed E-state index contributed by atoms with van der Waals surface area (Å²) in [4.78, 5) is 11.3. The van der Waals surface area contributed by atoms with Crippen LogP contribution in [-0.2, 0) is 4.79 Å². The average Bonchev–Trinajstić information content (AvgIpc) is 2.47. The zero-order valence-corrected chi connectivity index (χ0v) is 9.79. The summed E-state index contributed by atoms with van der Waals surface area (Å²) in [7, 11) is 0. The maximum atomic E-state index is 11.3. The summed E-state index contributed by atoms with van der Waals surface area (Å²) in [5, 5.41) is 0. The van der Waals surface area contributed by atoms with E-state index in [4.69, 9.17) is 0 Å². The predicted octanol–water partition coefficient (Wildman–Crippen LogP) is 3.62. The molecule has 0 fully saturated rings. The fourth-order valence-electron chi connectivity index (χ4n) is 1.79. The van der Waals surface area contributed by atoms with Crippen LogP contribution in [0.3, 0.4) is 0 Å². The van der Waals surface area contributed by atoms with Gasteiger partial charge >= 0.3 is 0 Å². The van der Waals surface area contributed by atoms with Gasteiger partial charge in [0.15, 0.2) is 5.78 Å². The van der Waals surface area contributed by atoms with Gasteiger partial charge in [-0.25, -0.2) is 0 Å². The van der Waals surface area contributed by atoms with Gasteiger partial charge in [-0.3, -0.25) is 4.79 Å². The van der Waals surface area contributed by atoms with E-state index in [1.54, 1.807) is 12.2 Å². The monoisotopic (exact) mass is 194 g/mol. The van der Waals surface area contributed by atoms with Crippen LogP contribution in [0.1, 0.15) is 34.1 Å². The van der Waals surface area contributed by atoms with Gasteiger partial charge in [0.05, 0.1) is 0 Å². The van der Waals surface area contributed by atoms with E-state index in [0.29, 0.717) is 17.6 Å². The zero-order valence-electron chi connectivity index (χ0n) is 9.79. The summed E-state index contributed by atoms with van der Waals surface area (Å²) in [6, 6.07) is 0. The van der Waals surface area contributed by atoms with Crippen LogP contribution >= 0.6 is 0 Å². The van der Waals surface area contributed by atoms with Gasteiger partial charge < -0.3 is 0 Å². The van der Waals surface area contributed by atoms with Crippen LogP contribution in [-0.4, -0.2) is 5.78 Å². The Balaban J connectivity index is 0.000000500. The van der Waals surface area contributed by atoms with Crippen LogP contribution < -0.4 is 0 Å². The first-order valence-electron chi connectivity index (χ1n) is 5.37. The highest BCUT2D eigenvalue weighted by Gasteiger charge is 2.30. The highest BCUT2D eigenvalue weighted by atomic mass is 16.1. The van der Waals surface area contributed by atoms with Crippen LogP contribution in [0.2, 0.25) is 0 Å². The lowest BCUT2D eigenvalue weighted by Gasteiger charge is -2.20. The van der Waals surface area contributed by atoms with Crippen molar-refractivity contribution in [1.82, 2.24) is 0 Å². The second-order valence-electron chi connectivity index (χ2n) is 3.94. The standard InChI is InChI=1S/C10H16O.C3H6/c1-4-7(2)10-8(3)5-6-9(10)11;1-3-2/h5-8,10H,4H2,1-3H3;3H,1H2,2H3/t7?,8-,10?;/m0./s1. The highest BCUT2D eigenvalue weighted by Crippen LogP contribution is 2.30. The number of rotatable bonds is 2. The van der Waals surface area contributed by atoms with Gasteiger partial charge in [-0.1, -0.05) is 39.3 Å². The van der Waals surface area contributed by atoms with Crippen molar-refractivity contribution in [2.24, 2.45) is 17.8 Å². The molecule has 80 valence electrons. The van der Waals surface area contributed by atoms with Crippen molar-refractivity contribution in [3.63, 3.8) is 0 Å². The minimum absolute atomic E-state index is 0.264. The van der Waals surface area contributed by atoms with Gasteiger partial charge in [-0.15, -0.1) is 6.58 Å². The molecule has 0 saturated carbocycles. The van der Waals surface area contributed by atoms with E-state index < -0.39 is 0 Å². The molecule has 1 nitrogen and oxygen atoms in total. The fraction of sp³-hybridized carbons (Fsp3) is 0.615. The van der Waals surface area contributed by atoms with E-state index in [1.165, 1.54) is 0 Å². The molecule has 14 heavy (non-hydrogen) atoms. The molecular formula is C13H22O. The molecule has 1 heteroatoms. The zero-order chi connectivity index (χ0) is 11.1. The van der Waals surface area contributed by atoms with Crippen molar-refractivity contribution in [2.75, 3.05) is 0 Å². The lowest BCUT2D eigenvalue weighted by Crippen LogP contribution is -2.21. The molecule has 0 N–H and O–H groups in total. The summed E-state index contributed by atoms with van der Waals surface area (Å²) < 4.78 is 0. The molecule has 0 saturated heterocycles. The van der Waals surface area contributed by atoms with Crippen LogP contribution in [0.15, 0.2) is 24.8 Å². The molecule has 0 aromatic rings. The van der Waals surface area contributed by atoms with E-state index in [9.17, 15) is 4.79 Å². The van der Waals surface area contributed by atoms with E-state index in [0.717, 1.165) is 6.42 Å². The Bertz CT molecular complexity index is 215. The predicted molar refractivity (Wildman–Crippen MR) is 62.1 cm³/mol. The van der Waals surface area contributed by atoms with Crippen molar-refractivity contribution in [3.8, 4) is 0 Å². The second-order valence-corrected chi connectivity index (χ2v) is 3.94.